The molecule has 0 saturated carbocycles. The summed E-state index contributed by atoms with van der Waals surface area (Å²) >= 11 is 0. The van der Waals surface area contributed by atoms with Crippen molar-refractivity contribution in [2.45, 2.75) is 0 Å². The largest absolute Gasteiger partial charge is 0.496 e. The lowest BCUT2D eigenvalue weighted by Gasteiger charge is -2.06. The van der Waals surface area contributed by atoms with Gasteiger partial charge in [-0.1, -0.05) is 30.3 Å². The van der Waals surface area contributed by atoms with Gasteiger partial charge in [-0.25, -0.2) is 9.36 Å². The first kappa shape index (κ1) is 15.8. The van der Waals surface area contributed by atoms with Crippen LogP contribution in [0.5, 0.6) is 5.75 Å². The molecule has 0 aliphatic carbocycles. The molecule has 2 aromatic heterocycles. The number of hydrogen-bond acceptors (Lipinski definition) is 5. The summed E-state index contributed by atoms with van der Waals surface area (Å²) in [6.45, 7) is 0. The standard InChI is InChI=1S/C19H16N6O/c1-26-18-10-6-5-9-17(18)19-15(11-22-24-13-20-21-14-24)12-25(23-19)16-7-3-2-4-8-16/h2-14H,1H3/b22-11-. The van der Waals surface area contributed by atoms with Gasteiger partial charge in [0.1, 0.15) is 24.1 Å². The first-order valence-electron chi connectivity index (χ1n) is 8.02. The van der Waals surface area contributed by atoms with E-state index >= 15 is 0 Å². The quantitative estimate of drug-likeness (QED) is 0.522. The SMILES string of the molecule is COc1ccccc1-c1nn(-c2ccccc2)cc1/C=N\n1cnnc1. The highest BCUT2D eigenvalue weighted by atomic mass is 16.5. The molecule has 4 aromatic rings. The van der Waals surface area contributed by atoms with E-state index in [1.165, 1.54) is 17.3 Å². The molecule has 4 rings (SSSR count). The van der Waals surface area contributed by atoms with Gasteiger partial charge in [0.2, 0.25) is 0 Å². The molecule has 0 radical (unpaired) electrons. The van der Waals surface area contributed by atoms with Crippen molar-refractivity contribution in [3.8, 4) is 22.7 Å². The Hall–Kier alpha value is -3.74. The lowest BCUT2D eigenvalue weighted by molar-refractivity contribution is 0.416. The Morgan fingerprint density at radius 1 is 0.962 bits per heavy atom. The summed E-state index contributed by atoms with van der Waals surface area (Å²) in [4.78, 5) is 0. The summed E-state index contributed by atoms with van der Waals surface area (Å²) in [6, 6.07) is 17.7. The fraction of sp³-hybridized carbons (Fsp3) is 0.0526. The number of methoxy groups -OCH3 is 1. The second-order valence-corrected chi connectivity index (χ2v) is 5.50. The van der Waals surface area contributed by atoms with Crippen molar-refractivity contribution in [3.63, 3.8) is 0 Å². The number of ether oxygens (including phenoxy) is 1. The van der Waals surface area contributed by atoms with Gasteiger partial charge in [-0.2, -0.15) is 10.2 Å². The van der Waals surface area contributed by atoms with Gasteiger partial charge in [-0.3, -0.25) is 0 Å². The van der Waals surface area contributed by atoms with Crippen LogP contribution in [-0.2, 0) is 0 Å². The fourth-order valence-electron chi connectivity index (χ4n) is 2.63. The topological polar surface area (TPSA) is 70.1 Å². The van der Waals surface area contributed by atoms with E-state index in [-0.39, 0.29) is 0 Å². The lowest BCUT2D eigenvalue weighted by Crippen LogP contribution is -1.95. The molecule has 2 heterocycles. The zero-order valence-electron chi connectivity index (χ0n) is 14.1. The smallest absolute Gasteiger partial charge is 0.141 e. The molecule has 0 aliphatic rings. The fourth-order valence-corrected chi connectivity index (χ4v) is 2.63. The minimum atomic E-state index is 0.754. The van der Waals surface area contributed by atoms with Crippen LogP contribution in [0.4, 0.5) is 0 Å². The Morgan fingerprint density at radius 2 is 1.69 bits per heavy atom. The van der Waals surface area contributed by atoms with Gasteiger partial charge in [-0.05, 0) is 24.3 Å². The van der Waals surface area contributed by atoms with Gasteiger partial charge < -0.3 is 4.74 Å². The summed E-state index contributed by atoms with van der Waals surface area (Å²) in [5.74, 6) is 0.754. The van der Waals surface area contributed by atoms with E-state index in [9.17, 15) is 0 Å². The number of nitrogens with zero attached hydrogens (tertiary/aromatic N) is 6. The molecule has 26 heavy (non-hydrogen) atoms. The van der Waals surface area contributed by atoms with Crippen LogP contribution in [0.15, 0.2) is 78.6 Å². The van der Waals surface area contributed by atoms with Crippen LogP contribution in [0, 0.1) is 0 Å². The maximum atomic E-state index is 5.50. The van der Waals surface area contributed by atoms with Crippen LogP contribution in [0.1, 0.15) is 5.56 Å². The molecule has 0 atom stereocenters. The molecule has 0 fully saturated rings. The average molecular weight is 344 g/mol. The van der Waals surface area contributed by atoms with Crippen molar-refractivity contribution in [3.05, 3.63) is 79.0 Å². The van der Waals surface area contributed by atoms with Crippen LogP contribution in [0.3, 0.4) is 0 Å². The highest BCUT2D eigenvalue weighted by molar-refractivity contribution is 5.90. The summed E-state index contributed by atoms with van der Waals surface area (Å²) in [5, 5.41) is 16.6. The predicted octanol–water partition coefficient (Wildman–Crippen LogP) is 3.02. The minimum absolute atomic E-state index is 0.754. The molecule has 0 amide bonds. The number of benzene rings is 2. The van der Waals surface area contributed by atoms with E-state index in [2.05, 4.69) is 15.3 Å². The van der Waals surface area contributed by atoms with Gasteiger partial charge in [0.25, 0.3) is 0 Å². The van der Waals surface area contributed by atoms with Crippen LogP contribution >= 0.6 is 0 Å². The Kier molecular flexibility index (Phi) is 4.26. The van der Waals surface area contributed by atoms with Crippen molar-refractivity contribution in [2.75, 3.05) is 7.11 Å². The van der Waals surface area contributed by atoms with Crippen LogP contribution in [0.25, 0.3) is 16.9 Å². The van der Waals surface area contributed by atoms with Crippen molar-refractivity contribution in [2.24, 2.45) is 5.10 Å². The molecular formula is C19H16N6O. The van der Waals surface area contributed by atoms with E-state index in [4.69, 9.17) is 9.84 Å². The molecule has 0 aliphatic heterocycles. The summed E-state index contributed by atoms with van der Waals surface area (Å²) in [5.41, 5.74) is 3.50. The third-order valence-electron chi connectivity index (χ3n) is 3.86. The molecule has 0 spiro atoms. The molecule has 0 unspecified atom stereocenters. The van der Waals surface area contributed by atoms with Gasteiger partial charge in [0.15, 0.2) is 0 Å². The molecule has 7 heteroatoms. The average Bonchev–Trinajstić information content (AvgIpc) is 3.37. The van der Waals surface area contributed by atoms with Crippen molar-refractivity contribution >= 4 is 6.21 Å². The number of hydrogen-bond donors (Lipinski definition) is 0. The van der Waals surface area contributed by atoms with Crippen LogP contribution < -0.4 is 4.74 Å². The highest BCUT2D eigenvalue weighted by Gasteiger charge is 2.14. The zero-order valence-corrected chi connectivity index (χ0v) is 14.1. The van der Waals surface area contributed by atoms with Crippen LogP contribution in [-0.4, -0.2) is 38.0 Å². The molecule has 128 valence electrons. The van der Waals surface area contributed by atoms with Crippen molar-refractivity contribution in [1.82, 2.24) is 24.7 Å². The second kappa shape index (κ2) is 7.02. The summed E-state index contributed by atoms with van der Waals surface area (Å²) in [6.07, 6.45) is 6.73. The van der Waals surface area contributed by atoms with E-state index in [0.717, 1.165) is 28.3 Å². The maximum Gasteiger partial charge on any atom is 0.141 e. The number of para-hydroxylation sites is 2. The van der Waals surface area contributed by atoms with Gasteiger partial charge >= 0.3 is 0 Å². The molecule has 0 bridgehead atoms. The van der Waals surface area contributed by atoms with Gasteiger partial charge in [-0.15, -0.1) is 10.2 Å². The third kappa shape index (κ3) is 3.10. The Morgan fingerprint density at radius 3 is 2.46 bits per heavy atom. The zero-order chi connectivity index (χ0) is 17.8. The molecule has 0 saturated heterocycles. The molecule has 2 aromatic carbocycles. The third-order valence-corrected chi connectivity index (χ3v) is 3.86. The van der Waals surface area contributed by atoms with Crippen molar-refractivity contribution < 1.29 is 4.74 Å². The number of rotatable bonds is 5. The predicted molar refractivity (Wildman–Crippen MR) is 98.6 cm³/mol. The monoisotopic (exact) mass is 344 g/mol. The molecular weight excluding hydrogens is 328 g/mol. The van der Waals surface area contributed by atoms with E-state index < -0.39 is 0 Å². The maximum absolute atomic E-state index is 5.50. The second-order valence-electron chi connectivity index (χ2n) is 5.50. The molecule has 7 nitrogen and oxygen atoms in total. The molecule has 0 N–H and O–H groups in total. The first-order chi connectivity index (χ1) is 12.8. The van der Waals surface area contributed by atoms with E-state index in [1.807, 2.05) is 65.5 Å². The van der Waals surface area contributed by atoms with Crippen LogP contribution in [0.2, 0.25) is 0 Å². The Labute approximate surface area is 150 Å². The van der Waals surface area contributed by atoms with Gasteiger partial charge in [0.05, 0.1) is 19.0 Å². The summed E-state index contributed by atoms with van der Waals surface area (Å²) < 4.78 is 8.86. The Bertz CT molecular complexity index is 1020. The number of aromatic nitrogens is 5. The lowest BCUT2D eigenvalue weighted by atomic mass is 10.1. The highest BCUT2D eigenvalue weighted by Crippen LogP contribution is 2.31. The summed E-state index contributed by atoms with van der Waals surface area (Å²) in [7, 11) is 1.65. The minimum Gasteiger partial charge on any atom is -0.496 e. The normalized spacial score (nSPS) is 11.1. The first-order valence-corrected chi connectivity index (χ1v) is 8.02. The Balaban J connectivity index is 1.84. The van der Waals surface area contributed by atoms with E-state index in [1.54, 1.807) is 13.3 Å². The van der Waals surface area contributed by atoms with E-state index in [0.29, 0.717) is 0 Å². The van der Waals surface area contributed by atoms with Crippen molar-refractivity contribution in [1.29, 1.82) is 0 Å². The van der Waals surface area contributed by atoms with Gasteiger partial charge in [0, 0.05) is 17.3 Å².